The summed E-state index contributed by atoms with van der Waals surface area (Å²) < 4.78 is 88.3. The lowest BCUT2D eigenvalue weighted by molar-refractivity contribution is -0.144. The number of hydrogen-bond donors (Lipinski definition) is 1. The van der Waals surface area contributed by atoms with E-state index in [0.717, 1.165) is 24.9 Å². The van der Waals surface area contributed by atoms with Crippen molar-refractivity contribution >= 4 is 0 Å². The van der Waals surface area contributed by atoms with Crippen LogP contribution in [0.4, 0.5) is 26.3 Å². The lowest BCUT2D eigenvalue weighted by Crippen LogP contribution is -2.43. The summed E-state index contributed by atoms with van der Waals surface area (Å²) in [6.45, 7) is 0.0264. The molecule has 1 fully saturated rings. The number of hydrogen-bond acceptors (Lipinski definition) is 3. The number of benzene rings is 3. The van der Waals surface area contributed by atoms with Gasteiger partial charge < -0.3 is 9.84 Å². The van der Waals surface area contributed by atoms with Gasteiger partial charge in [0.25, 0.3) is 0 Å². The van der Waals surface area contributed by atoms with Gasteiger partial charge in [0.2, 0.25) is 0 Å². The minimum atomic E-state index is -5.07. The average Bonchev–Trinajstić information content (AvgIpc) is 2.92. The van der Waals surface area contributed by atoms with Crippen LogP contribution in [0.1, 0.15) is 53.5 Å². The van der Waals surface area contributed by atoms with Gasteiger partial charge in [0.1, 0.15) is 5.75 Å². The van der Waals surface area contributed by atoms with Gasteiger partial charge in [-0.05, 0) is 68.0 Å². The number of nitrogens with zero attached hydrogens (tertiary/aromatic N) is 1. The third-order valence-electron chi connectivity index (χ3n) is 7.87. The fraction of sp³-hybridized carbons (Fsp3) is 0.419. The van der Waals surface area contributed by atoms with Gasteiger partial charge in [-0.1, -0.05) is 60.7 Å². The minimum Gasteiger partial charge on any atom is -0.492 e. The largest absolute Gasteiger partial charge is 0.492 e. The molecule has 1 aliphatic rings. The number of halogens is 6. The molecule has 0 aliphatic heterocycles. The van der Waals surface area contributed by atoms with Crippen LogP contribution in [-0.4, -0.2) is 36.3 Å². The zero-order valence-corrected chi connectivity index (χ0v) is 22.2. The predicted molar refractivity (Wildman–Crippen MR) is 141 cm³/mol. The summed E-state index contributed by atoms with van der Waals surface area (Å²) in [6, 6.07) is 20.5. The highest BCUT2D eigenvalue weighted by atomic mass is 19.4. The van der Waals surface area contributed by atoms with E-state index in [2.05, 4.69) is 24.1 Å². The van der Waals surface area contributed by atoms with Gasteiger partial charge in [0, 0.05) is 24.6 Å². The quantitative estimate of drug-likeness (QED) is 0.271. The highest BCUT2D eigenvalue weighted by molar-refractivity contribution is 5.48. The second-order valence-electron chi connectivity index (χ2n) is 10.5. The molecule has 40 heavy (non-hydrogen) atoms. The highest BCUT2D eigenvalue weighted by Crippen LogP contribution is 2.45. The van der Waals surface area contributed by atoms with E-state index in [0.29, 0.717) is 18.9 Å². The fourth-order valence-electron chi connectivity index (χ4n) is 5.65. The van der Waals surface area contributed by atoms with Crippen LogP contribution < -0.4 is 4.74 Å². The van der Waals surface area contributed by atoms with Gasteiger partial charge in [-0.2, -0.15) is 26.3 Å². The molecule has 3 nitrogen and oxygen atoms in total. The molecule has 1 saturated carbocycles. The maximum atomic E-state index is 14.0. The Morgan fingerprint density at radius 3 is 2.02 bits per heavy atom. The minimum absolute atomic E-state index is 0.0981. The lowest BCUT2D eigenvalue weighted by Gasteiger charge is -2.43. The number of ether oxygens (including phenoxy) is 1. The maximum absolute atomic E-state index is 14.0. The smallest absolute Gasteiger partial charge is 0.419 e. The van der Waals surface area contributed by atoms with Crippen molar-refractivity contribution in [3.63, 3.8) is 0 Å². The van der Waals surface area contributed by atoms with E-state index in [-0.39, 0.29) is 24.3 Å². The van der Waals surface area contributed by atoms with Gasteiger partial charge in [-0.3, -0.25) is 4.90 Å². The fourth-order valence-corrected chi connectivity index (χ4v) is 5.65. The van der Waals surface area contributed by atoms with Crippen LogP contribution in [0.2, 0.25) is 0 Å². The summed E-state index contributed by atoms with van der Waals surface area (Å²) >= 11 is 0. The normalized spacial score (nSPS) is 20.1. The Morgan fingerprint density at radius 1 is 0.875 bits per heavy atom. The van der Waals surface area contributed by atoms with Crippen molar-refractivity contribution in [2.24, 2.45) is 0 Å². The second-order valence-corrected chi connectivity index (χ2v) is 10.5. The van der Waals surface area contributed by atoms with Crippen LogP contribution in [0.15, 0.2) is 72.8 Å². The van der Waals surface area contributed by atoms with Crippen LogP contribution in [-0.2, 0) is 30.7 Å². The summed E-state index contributed by atoms with van der Waals surface area (Å²) in [4.78, 5) is 2.28. The first-order valence-corrected chi connectivity index (χ1v) is 13.3. The molecule has 0 saturated heterocycles. The molecular weight excluding hydrogens is 532 g/mol. The third kappa shape index (κ3) is 6.99. The Bertz CT molecular complexity index is 1240. The van der Waals surface area contributed by atoms with Gasteiger partial charge in [-0.15, -0.1) is 0 Å². The standard InChI is InChI=1S/C31H33F6NO2/c1-38(20-22-8-4-2-5-9-22)26-12-15-29(16-13-26,24-10-6-3-7-11-24)21-40-28-23(14-17-39)18-25(30(32,33)34)19-27(28)31(35,36)37/h2-11,18-19,26,39H,12-17,20-21H2,1H3. The number of aliphatic hydroxyl groups excluding tert-OH is 1. The van der Waals surface area contributed by atoms with Crippen molar-refractivity contribution in [3.05, 3.63) is 101 Å². The van der Waals surface area contributed by atoms with E-state index < -0.39 is 47.7 Å². The van der Waals surface area contributed by atoms with Crippen molar-refractivity contribution in [1.29, 1.82) is 0 Å². The van der Waals surface area contributed by atoms with Crippen molar-refractivity contribution in [1.82, 2.24) is 4.90 Å². The summed E-state index contributed by atoms with van der Waals surface area (Å²) in [7, 11) is 2.06. The zero-order chi connectivity index (χ0) is 29.0. The van der Waals surface area contributed by atoms with E-state index in [1.165, 1.54) is 5.56 Å². The lowest BCUT2D eigenvalue weighted by atomic mass is 9.68. The number of aliphatic hydroxyl groups is 1. The first-order chi connectivity index (χ1) is 18.9. The van der Waals surface area contributed by atoms with Crippen molar-refractivity contribution < 1.29 is 36.2 Å². The molecule has 3 aromatic carbocycles. The summed E-state index contributed by atoms with van der Waals surface area (Å²) in [5, 5.41) is 9.44. The van der Waals surface area contributed by atoms with Crippen molar-refractivity contribution in [2.45, 2.75) is 62.5 Å². The predicted octanol–water partition coefficient (Wildman–Crippen LogP) is 7.65. The Labute approximate surface area is 230 Å². The van der Waals surface area contributed by atoms with E-state index in [9.17, 15) is 31.4 Å². The monoisotopic (exact) mass is 565 g/mol. The molecule has 1 N–H and O–H groups in total. The first kappa shape index (κ1) is 29.9. The second kappa shape index (κ2) is 12.2. The molecule has 3 aromatic rings. The van der Waals surface area contributed by atoms with Crippen molar-refractivity contribution in [2.75, 3.05) is 20.3 Å². The van der Waals surface area contributed by atoms with Gasteiger partial charge in [0.05, 0.1) is 17.7 Å². The van der Waals surface area contributed by atoms with Crippen LogP contribution >= 0.6 is 0 Å². The van der Waals surface area contributed by atoms with E-state index in [1.54, 1.807) is 0 Å². The van der Waals surface area contributed by atoms with Crippen LogP contribution in [0, 0.1) is 0 Å². The Morgan fingerprint density at radius 2 is 1.48 bits per heavy atom. The molecule has 0 aromatic heterocycles. The topological polar surface area (TPSA) is 32.7 Å². The van der Waals surface area contributed by atoms with Crippen LogP contribution in [0.5, 0.6) is 5.75 Å². The third-order valence-corrected chi connectivity index (χ3v) is 7.87. The molecule has 0 heterocycles. The molecule has 0 radical (unpaired) electrons. The Hall–Kier alpha value is -3.04. The molecule has 0 amide bonds. The summed E-state index contributed by atoms with van der Waals surface area (Å²) in [6.07, 6.45) is -7.60. The Balaban J connectivity index is 1.62. The maximum Gasteiger partial charge on any atom is 0.419 e. The molecule has 0 unspecified atom stereocenters. The molecule has 0 atom stereocenters. The molecule has 0 spiro atoms. The number of rotatable bonds is 9. The van der Waals surface area contributed by atoms with E-state index in [4.69, 9.17) is 4.74 Å². The molecule has 4 rings (SSSR count). The molecule has 216 valence electrons. The summed E-state index contributed by atoms with van der Waals surface area (Å²) in [5.41, 5.74) is -1.73. The number of alkyl halides is 6. The molecule has 0 bridgehead atoms. The van der Waals surface area contributed by atoms with Crippen LogP contribution in [0.3, 0.4) is 0 Å². The first-order valence-electron chi connectivity index (χ1n) is 13.3. The summed E-state index contributed by atoms with van der Waals surface area (Å²) in [5.74, 6) is -0.645. The van der Waals surface area contributed by atoms with Crippen LogP contribution in [0.25, 0.3) is 0 Å². The van der Waals surface area contributed by atoms with Gasteiger partial charge >= 0.3 is 12.4 Å². The highest BCUT2D eigenvalue weighted by Gasteiger charge is 2.43. The van der Waals surface area contributed by atoms with Gasteiger partial charge in [0.15, 0.2) is 0 Å². The average molecular weight is 566 g/mol. The van der Waals surface area contributed by atoms with Gasteiger partial charge in [-0.25, -0.2) is 0 Å². The SMILES string of the molecule is CN(Cc1ccccc1)C1CCC(COc2c(CCO)cc(C(F)(F)F)cc2C(F)(F)F)(c2ccccc2)CC1. The van der Waals surface area contributed by atoms with E-state index in [1.807, 2.05) is 48.5 Å². The molecule has 9 heteroatoms. The van der Waals surface area contributed by atoms with E-state index >= 15 is 0 Å². The molecule has 1 aliphatic carbocycles. The molecular formula is C31H33F6NO2. The zero-order valence-electron chi connectivity index (χ0n) is 22.2. The van der Waals surface area contributed by atoms with Crippen molar-refractivity contribution in [3.8, 4) is 5.75 Å². The Kier molecular flexibility index (Phi) is 9.15.